The fourth-order valence-electron chi connectivity index (χ4n) is 3.12. The maximum absolute atomic E-state index is 12.2. The molecule has 1 fully saturated rings. The fourth-order valence-corrected chi connectivity index (χ4v) is 3.12. The lowest BCUT2D eigenvalue weighted by Crippen LogP contribution is -2.27. The summed E-state index contributed by atoms with van der Waals surface area (Å²) in [7, 11) is 0. The summed E-state index contributed by atoms with van der Waals surface area (Å²) in [4.78, 5) is 22.5. The van der Waals surface area contributed by atoms with E-state index in [-0.39, 0.29) is 11.6 Å². The Morgan fingerprint density at radius 3 is 2.42 bits per heavy atom. The van der Waals surface area contributed by atoms with Crippen LogP contribution in [0.25, 0.3) is 0 Å². The smallest absolute Gasteiger partial charge is 0.267 e. The minimum atomic E-state index is -0.453. The molecule has 0 unspecified atom stereocenters. The van der Waals surface area contributed by atoms with Crippen LogP contribution in [-0.2, 0) is 0 Å². The van der Waals surface area contributed by atoms with Gasteiger partial charge in [0.15, 0.2) is 0 Å². The monoisotopic (exact) mass is 331 g/mol. The number of hydrazone groups is 1. The second-order valence-corrected chi connectivity index (χ2v) is 7.52. The molecular formula is C18H25N3O3. The highest BCUT2D eigenvalue weighted by Gasteiger charge is 2.28. The summed E-state index contributed by atoms with van der Waals surface area (Å²) < 4.78 is 0. The molecule has 0 heterocycles. The third-order valence-electron chi connectivity index (χ3n) is 4.76. The van der Waals surface area contributed by atoms with Crippen LogP contribution in [0.4, 0.5) is 5.69 Å². The molecule has 1 amide bonds. The van der Waals surface area contributed by atoms with Gasteiger partial charge in [-0.05, 0) is 56.1 Å². The number of rotatable bonds is 3. The van der Waals surface area contributed by atoms with Gasteiger partial charge < -0.3 is 0 Å². The molecule has 0 aromatic heterocycles. The van der Waals surface area contributed by atoms with Crippen LogP contribution >= 0.6 is 0 Å². The van der Waals surface area contributed by atoms with Crippen LogP contribution in [0.1, 0.15) is 62.4 Å². The summed E-state index contributed by atoms with van der Waals surface area (Å²) in [5.74, 6) is 0.350. The number of carbonyl (C=O) groups is 1. The fraction of sp³-hybridized carbons (Fsp3) is 0.556. The molecule has 2 rings (SSSR count). The predicted octanol–water partition coefficient (Wildman–Crippen LogP) is 4.23. The molecule has 1 aromatic rings. The van der Waals surface area contributed by atoms with Crippen molar-refractivity contribution >= 4 is 17.3 Å². The van der Waals surface area contributed by atoms with Crippen LogP contribution in [0.3, 0.4) is 0 Å². The van der Waals surface area contributed by atoms with E-state index < -0.39 is 4.92 Å². The van der Waals surface area contributed by atoms with Crippen LogP contribution in [0.15, 0.2) is 23.3 Å². The van der Waals surface area contributed by atoms with E-state index in [1.54, 1.807) is 6.92 Å². The van der Waals surface area contributed by atoms with Crippen molar-refractivity contribution < 1.29 is 9.72 Å². The Balaban J connectivity index is 1.96. The zero-order chi connectivity index (χ0) is 17.9. The van der Waals surface area contributed by atoms with Gasteiger partial charge in [0.05, 0.1) is 4.92 Å². The molecule has 0 spiro atoms. The van der Waals surface area contributed by atoms with Crippen LogP contribution in [-0.4, -0.2) is 16.5 Å². The molecule has 1 aliphatic rings. The lowest BCUT2D eigenvalue weighted by molar-refractivity contribution is -0.385. The minimum Gasteiger partial charge on any atom is -0.267 e. The van der Waals surface area contributed by atoms with Crippen molar-refractivity contribution in [3.05, 3.63) is 39.4 Å². The van der Waals surface area contributed by atoms with Gasteiger partial charge in [0.25, 0.3) is 11.6 Å². The first kappa shape index (κ1) is 18.1. The minimum absolute atomic E-state index is 0.0124. The second kappa shape index (κ2) is 7.11. The molecule has 1 N–H and O–H groups in total. The Labute approximate surface area is 142 Å². The molecule has 6 nitrogen and oxygen atoms in total. The summed E-state index contributed by atoms with van der Waals surface area (Å²) >= 11 is 0. The van der Waals surface area contributed by atoms with Crippen molar-refractivity contribution in [2.24, 2.45) is 16.4 Å². The second-order valence-electron chi connectivity index (χ2n) is 7.52. The van der Waals surface area contributed by atoms with Gasteiger partial charge in [-0.2, -0.15) is 5.10 Å². The van der Waals surface area contributed by atoms with Crippen LogP contribution in [0, 0.1) is 28.4 Å². The first-order valence-corrected chi connectivity index (χ1v) is 8.29. The van der Waals surface area contributed by atoms with E-state index in [4.69, 9.17) is 0 Å². The number of nitro benzene ring substituents is 1. The van der Waals surface area contributed by atoms with Crippen molar-refractivity contribution in [3.8, 4) is 0 Å². The largest absolute Gasteiger partial charge is 0.272 e. The molecule has 0 saturated heterocycles. The first-order valence-electron chi connectivity index (χ1n) is 8.29. The molecule has 1 saturated carbocycles. The topological polar surface area (TPSA) is 84.6 Å². The number of hydrogen-bond donors (Lipinski definition) is 1. The lowest BCUT2D eigenvalue weighted by atomic mass is 9.72. The third-order valence-corrected chi connectivity index (χ3v) is 4.76. The number of hydrogen-bond acceptors (Lipinski definition) is 4. The highest BCUT2D eigenvalue weighted by atomic mass is 16.6. The van der Waals surface area contributed by atoms with Gasteiger partial charge in [-0.3, -0.25) is 14.9 Å². The molecule has 0 bridgehead atoms. The molecule has 130 valence electrons. The molecule has 24 heavy (non-hydrogen) atoms. The number of carbonyl (C=O) groups excluding carboxylic acids is 1. The highest BCUT2D eigenvalue weighted by molar-refractivity contribution is 5.96. The van der Waals surface area contributed by atoms with Crippen molar-refractivity contribution in [1.82, 2.24) is 5.43 Å². The summed E-state index contributed by atoms with van der Waals surface area (Å²) in [6.45, 7) is 8.41. The van der Waals surface area contributed by atoms with E-state index in [2.05, 4.69) is 31.3 Å². The SMILES string of the molecule is Cc1cc(C(=O)NN=C2CCC(C(C)(C)C)CC2)ccc1[N+](=O)[O-]. The molecule has 1 aliphatic carbocycles. The first-order chi connectivity index (χ1) is 11.2. The molecule has 0 radical (unpaired) electrons. The standard InChI is InChI=1S/C18H25N3O3/c1-12-11-13(5-10-16(12)21(23)24)17(22)20-19-15-8-6-14(7-9-15)18(2,3)4/h5,10-11,14H,6-9H2,1-4H3,(H,20,22). The van der Waals surface area contributed by atoms with E-state index in [1.807, 2.05) is 0 Å². The number of benzene rings is 1. The van der Waals surface area contributed by atoms with E-state index in [0.717, 1.165) is 31.4 Å². The zero-order valence-electron chi connectivity index (χ0n) is 14.8. The van der Waals surface area contributed by atoms with Crippen LogP contribution < -0.4 is 5.43 Å². The zero-order valence-corrected chi connectivity index (χ0v) is 14.8. The van der Waals surface area contributed by atoms with Gasteiger partial charge in [-0.25, -0.2) is 5.43 Å². The summed E-state index contributed by atoms with van der Waals surface area (Å²) in [6, 6.07) is 4.33. The maximum Gasteiger partial charge on any atom is 0.272 e. The number of aryl methyl sites for hydroxylation is 1. The number of nitrogens with zero attached hydrogens (tertiary/aromatic N) is 2. The molecule has 6 heteroatoms. The summed E-state index contributed by atoms with van der Waals surface area (Å²) in [5, 5.41) is 15.1. The Kier molecular flexibility index (Phi) is 5.36. The van der Waals surface area contributed by atoms with Gasteiger partial charge in [-0.1, -0.05) is 20.8 Å². The number of amides is 1. The number of nitro groups is 1. The molecule has 0 atom stereocenters. The van der Waals surface area contributed by atoms with E-state index in [1.165, 1.54) is 18.2 Å². The predicted molar refractivity (Wildman–Crippen MR) is 94.1 cm³/mol. The molecule has 1 aromatic carbocycles. The highest BCUT2D eigenvalue weighted by Crippen LogP contribution is 2.36. The Bertz CT molecular complexity index is 665. The van der Waals surface area contributed by atoms with Crippen molar-refractivity contribution in [2.75, 3.05) is 0 Å². The van der Waals surface area contributed by atoms with Crippen LogP contribution in [0.5, 0.6) is 0 Å². The number of nitrogens with one attached hydrogen (secondary N) is 1. The average Bonchev–Trinajstić information content (AvgIpc) is 2.51. The summed E-state index contributed by atoms with van der Waals surface area (Å²) in [6.07, 6.45) is 3.99. The van der Waals surface area contributed by atoms with E-state index >= 15 is 0 Å². The average molecular weight is 331 g/mol. The Hall–Kier alpha value is -2.24. The van der Waals surface area contributed by atoms with Crippen molar-refractivity contribution in [2.45, 2.75) is 53.4 Å². The van der Waals surface area contributed by atoms with Gasteiger partial charge in [0, 0.05) is 22.9 Å². The third kappa shape index (κ3) is 4.40. The maximum atomic E-state index is 12.2. The van der Waals surface area contributed by atoms with Crippen molar-refractivity contribution in [1.29, 1.82) is 0 Å². The van der Waals surface area contributed by atoms with E-state index in [0.29, 0.717) is 22.5 Å². The molecular weight excluding hydrogens is 306 g/mol. The van der Waals surface area contributed by atoms with Crippen molar-refractivity contribution in [3.63, 3.8) is 0 Å². The quantitative estimate of drug-likeness (QED) is 0.664. The molecule has 0 aliphatic heterocycles. The Morgan fingerprint density at radius 1 is 1.29 bits per heavy atom. The van der Waals surface area contributed by atoms with Gasteiger partial charge >= 0.3 is 0 Å². The normalized spacial score (nSPS) is 18.2. The van der Waals surface area contributed by atoms with E-state index in [9.17, 15) is 14.9 Å². The van der Waals surface area contributed by atoms with Gasteiger partial charge in [-0.15, -0.1) is 0 Å². The lowest BCUT2D eigenvalue weighted by Gasteiger charge is -2.34. The van der Waals surface area contributed by atoms with Crippen LogP contribution in [0.2, 0.25) is 0 Å². The van der Waals surface area contributed by atoms with Gasteiger partial charge in [0.2, 0.25) is 0 Å². The summed E-state index contributed by atoms with van der Waals surface area (Å²) in [5.41, 5.74) is 4.76. The Morgan fingerprint density at radius 2 is 1.92 bits per heavy atom. The van der Waals surface area contributed by atoms with Gasteiger partial charge in [0.1, 0.15) is 0 Å².